The normalized spacial score (nSPS) is 18.0. The maximum Gasteiger partial charge on any atom is 0.254 e. The Kier molecular flexibility index (Phi) is 4.58. The first-order valence-corrected chi connectivity index (χ1v) is 8.84. The van der Waals surface area contributed by atoms with Crippen molar-refractivity contribution in [2.45, 2.75) is 25.4 Å². The molecule has 4 rings (SSSR count). The molecule has 0 bridgehead atoms. The van der Waals surface area contributed by atoms with Gasteiger partial charge in [0.2, 0.25) is 5.96 Å². The number of hydrogen-bond acceptors (Lipinski definition) is 5. The Morgan fingerprint density at radius 2 is 2.04 bits per heavy atom. The highest BCUT2D eigenvalue weighted by Crippen LogP contribution is 2.36. The van der Waals surface area contributed by atoms with Crippen LogP contribution in [0.5, 0.6) is 5.75 Å². The minimum absolute atomic E-state index is 0.0526. The van der Waals surface area contributed by atoms with Crippen LogP contribution in [-0.4, -0.2) is 35.1 Å². The number of amides is 1. The van der Waals surface area contributed by atoms with Gasteiger partial charge in [0.25, 0.3) is 5.91 Å². The number of hydrogen-bond donors (Lipinski definition) is 2. The SMILES string of the molecule is O=C1NC2=Nc3ccc(OCCCCO)cc3CN2C1c1ccccc1. The zero-order chi connectivity index (χ0) is 17.9. The number of benzene rings is 2. The third-order valence-electron chi connectivity index (χ3n) is 4.62. The lowest BCUT2D eigenvalue weighted by Crippen LogP contribution is -2.33. The number of aliphatic hydroxyl groups is 1. The molecule has 1 amide bonds. The number of carbonyl (C=O) groups excluding carboxylic acids is 1. The van der Waals surface area contributed by atoms with Gasteiger partial charge in [-0.1, -0.05) is 30.3 Å². The van der Waals surface area contributed by atoms with Gasteiger partial charge in [-0.05, 0) is 36.6 Å². The minimum atomic E-state index is -0.364. The number of nitrogens with zero attached hydrogens (tertiary/aromatic N) is 2. The second kappa shape index (κ2) is 7.17. The first kappa shape index (κ1) is 16.6. The minimum Gasteiger partial charge on any atom is -0.494 e. The van der Waals surface area contributed by atoms with E-state index < -0.39 is 0 Å². The van der Waals surface area contributed by atoms with E-state index in [4.69, 9.17) is 9.84 Å². The van der Waals surface area contributed by atoms with Gasteiger partial charge in [-0.15, -0.1) is 0 Å². The molecule has 2 aliphatic rings. The van der Waals surface area contributed by atoms with E-state index in [1.54, 1.807) is 0 Å². The van der Waals surface area contributed by atoms with E-state index in [1.165, 1.54) is 0 Å². The molecule has 6 heteroatoms. The third-order valence-corrected chi connectivity index (χ3v) is 4.62. The van der Waals surface area contributed by atoms with E-state index in [0.29, 0.717) is 19.1 Å². The second-order valence-electron chi connectivity index (χ2n) is 6.44. The molecule has 1 fully saturated rings. The molecule has 2 aromatic rings. The van der Waals surface area contributed by atoms with Crippen molar-refractivity contribution in [1.29, 1.82) is 0 Å². The summed E-state index contributed by atoms with van der Waals surface area (Å²) in [5.74, 6) is 1.34. The molecule has 2 N–H and O–H groups in total. The number of guanidine groups is 1. The van der Waals surface area contributed by atoms with Crippen LogP contribution in [0.3, 0.4) is 0 Å². The summed E-state index contributed by atoms with van der Waals surface area (Å²) in [5, 5.41) is 11.7. The van der Waals surface area contributed by atoms with E-state index in [1.807, 2.05) is 53.4 Å². The standard InChI is InChI=1S/C20H21N3O3/c24-10-4-5-11-26-16-8-9-17-15(12-16)13-23-18(14-6-2-1-3-7-14)19(25)22-20(23)21-17/h1-3,6-9,12,18,24H,4-5,10-11,13H2,(H,21,22,25). The molecule has 2 aliphatic heterocycles. The van der Waals surface area contributed by atoms with Crippen molar-refractivity contribution in [3.63, 3.8) is 0 Å². The van der Waals surface area contributed by atoms with Crippen LogP contribution >= 0.6 is 0 Å². The number of nitrogens with one attached hydrogen (secondary N) is 1. The maximum atomic E-state index is 12.5. The first-order chi connectivity index (χ1) is 12.8. The van der Waals surface area contributed by atoms with Crippen molar-refractivity contribution < 1.29 is 14.6 Å². The van der Waals surface area contributed by atoms with E-state index in [0.717, 1.165) is 35.4 Å². The summed E-state index contributed by atoms with van der Waals surface area (Å²) in [6.07, 6.45) is 1.55. The van der Waals surface area contributed by atoms with Gasteiger partial charge in [0, 0.05) is 18.7 Å². The van der Waals surface area contributed by atoms with Crippen LogP contribution in [-0.2, 0) is 11.3 Å². The van der Waals surface area contributed by atoms with Gasteiger partial charge in [-0.2, -0.15) is 0 Å². The number of fused-ring (bicyclic) bond motifs is 2. The predicted molar refractivity (Wildman–Crippen MR) is 98.2 cm³/mol. The zero-order valence-electron chi connectivity index (χ0n) is 14.4. The first-order valence-electron chi connectivity index (χ1n) is 8.84. The van der Waals surface area contributed by atoms with Gasteiger partial charge < -0.3 is 14.7 Å². The summed E-state index contributed by atoms with van der Waals surface area (Å²) in [5.41, 5.74) is 2.84. The molecule has 0 aromatic heterocycles. The molecule has 0 aliphatic carbocycles. The molecule has 0 spiro atoms. The molecule has 1 atom stereocenters. The van der Waals surface area contributed by atoms with Gasteiger partial charge in [0.1, 0.15) is 11.8 Å². The molecule has 0 radical (unpaired) electrons. The number of aliphatic hydroxyl groups excluding tert-OH is 1. The van der Waals surface area contributed by atoms with Crippen LogP contribution in [0.1, 0.15) is 30.0 Å². The van der Waals surface area contributed by atoms with Crippen molar-refractivity contribution in [3.05, 3.63) is 59.7 Å². The van der Waals surface area contributed by atoms with Gasteiger partial charge in [0.15, 0.2) is 0 Å². The van der Waals surface area contributed by atoms with Gasteiger partial charge in [-0.25, -0.2) is 4.99 Å². The topological polar surface area (TPSA) is 74.2 Å². The fraction of sp³-hybridized carbons (Fsp3) is 0.300. The van der Waals surface area contributed by atoms with Crippen molar-refractivity contribution in [3.8, 4) is 5.75 Å². The lowest BCUT2D eigenvalue weighted by atomic mass is 10.0. The molecule has 1 saturated heterocycles. The number of carbonyl (C=O) groups is 1. The maximum absolute atomic E-state index is 12.5. The second-order valence-corrected chi connectivity index (χ2v) is 6.44. The van der Waals surface area contributed by atoms with Crippen molar-refractivity contribution in [2.24, 2.45) is 4.99 Å². The highest BCUT2D eigenvalue weighted by Gasteiger charge is 2.39. The molecule has 2 aromatic carbocycles. The molecular weight excluding hydrogens is 330 g/mol. The summed E-state index contributed by atoms with van der Waals surface area (Å²) in [6, 6.07) is 15.2. The van der Waals surface area contributed by atoms with E-state index in [9.17, 15) is 4.79 Å². The van der Waals surface area contributed by atoms with Crippen molar-refractivity contribution in [2.75, 3.05) is 13.2 Å². The van der Waals surface area contributed by atoms with Crippen molar-refractivity contribution >= 4 is 17.6 Å². The molecular formula is C20H21N3O3. The third kappa shape index (κ3) is 3.15. The molecule has 134 valence electrons. The molecule has 1 unspecified atom stereocenters. The van der Waals surface area contributed by atoms with Crippen LogP contribution in [0.25, 0.3) is 0 Å². The van der Waals surface area contributed by atoms with E-state index in [2.05, 4.69) is 10.3 Å². The van der Waals surface area contributed by atoms with Crippen LogP contribution in [0.4, 0.5) is 5.69 Å². The summed E-state index contributed by atoms with van der Waals surface area (Å²) < 4.78 is 5.76. The van der Waals surface area contributed by atoms with E-state index >= 15 is 0 Å². The monoisotopic (exact) mass is 351 g/mol. The van der Waals surface area contributed by atoms with Crippen molar-refractivity contribution in [1.82, 2.24) is 10.2 Å². The van der Waals surface area contributed by atoms with Gasteiger partial charge in [0.05, 0.1) is 12.3 Å². The largest absolute Gasteiger partial charge is 0.494 e. The number of rotatable bonds is 6. The quantitative estimate of drug-likeness (QED) is 0.784. The van der Waals surface area contributed by atoms with E-state index in [-0.39, 0.29) is 18.6 Å². The highest BCUT2D eigenvalue weighted by molar-refractivity contribution is 6.08. The Morgan fingerprint density at radius 1 is 1.19 bits per heavy atom. The summed E-state index contributed by atoms with van der Waals surface area (Å²) >= 11 is 0. The van der Waals surface area contributed by atoms with Crippen LogP contribution < -0.4 is 10.1 Å². The highest BCUT2D eigenvalue weighted by atomic mass is 16.5. The molecule has 2 heterocycles. The van der Waals surface area contributed by atoms with Gasteiger partial charge >= 0.3 is 0 Å². The smallest absolute Gasteiger partial charge is 0.254 e. The van der Waals surface area contributed by atoms with Crippen LogP contribution in [0, 0.1) is 0 Å². The number of unbranched alkanes of at least 4 members (excludes halogenated alkanes) is 1. The molecule has 6 nitrogen and oxygen atoms in total. The fourth-order valence-electron chi connectivity index (χ4n) is 3.33. The summed E-state index contributed by atoms with van der Waals surface area (Å²) in [7, 11) is 0. The lowest BCUT2D eigenvalue weighted by Gasteiger charge is -2.28. The van der Waals surface area contributed by atoms with Crippen LogP contribution in [0.2, 0.25) is 0 Å². The number of ether oxygens (including phenoxy) is 1. The Balaban J connectivity index is 1.55. The summed E-state index contributed by atoms with van der Waals surface area (Å²) in [4.78, 5) is 19.1. The summed E-state index contributed by atoms with van der Waals surface area (Å²) in [6.45, 7) is 1.35. The molecule has 0 saturated carbocycles. The zero-order valence-corrected chi connectivity index (χ0v) is 14.4. The Hall–Kier alpha value is -2.86. The Labute approximate surface area is 152 Å². The number of aliphatic imine (C=N–C) groups is 1. The molecule has 26 heavy (non-hydrogen) atoms. The fourth-order valence-corrected chi connectivity index (χ4v) is 3.33. The Bertz CT molecular complexity index is 835. The lowest BCUT2D eigenvalue weighted by molar-refractivity contribution is -0.121. The average Bonchev–Trinajstić information content (AvgIpc) is 2.98. The van der Waals surface area contributed by atoms with Crippen LogP contribution in [0.15, 0.2) is 53.5 Å². The Morgan fingerprint density at radius 3 is 2.85 bits per heavy atom. The average molecular weight is 351 g/mol. The predicted octanol–water partition coefficient (Wildman–Crippen LogP) is 2.51. The van der Waals surface area contributed by atoms with Gasteiger partial charge in [-0.3, -0.25) is 10.1 Å².